The summed E-state index contributed by atoms with van der Waals surface area (Å²) >= 11 is 4.57. The molecule has 8 heteroatoms. The molecule has 2 aromatic rings. The van der Waals surface area contributed by atoms with Gasteiger partial charge in [0.15, 0.2) is 11.6 Å². The number of rotatable bonds is 5. The van der Waals surface area contributed by atoms with Crippen molar-refractivity contribution in [3.05, 3.63) is 38.7 Å². The molecule has 1 aromatic carbocycles. The maximum atomic E-state index is 13.7. The molecule has 1 heterocycles. The van der Waals surface area contributed by atoms with Crippen molar-refractivity contribution in [2.24, 2.45) is 0 Å². The first-order valence-corrected chi connectivity index (χ1v) is 9.14. The normalized spacial score (nSPS) is 11.4. The van der Waals surface area contributed by atoms with Gasteiger partial charge in [0, 0.05) is 10.9 Å². The van der Waals surface area contributed by atoms with E-state index in [1.165, 1.54) is 29.5 Å². The second-order valence-electron chi connectivity index (χ2n) is 4.15. The predicted molar refractivity (Wildman–Crippen MR) is 85.1 cm³/mol. The van der Waals surface area contributed by atoms with E-state index in [0.29, 0.717) is 11.5 Å². The van der Waals surface area contributed by atoms with E-state index in [2.05, 4.69) is 20.7 Å². The summed E-state index contributed by atoms with van der Waals surface area (Å²) in [6.45, 7) is 3.79. The number of hydrogen-bond acceptors (Lipinski definition) is 4. The van der Waals surface area contributed by atoms with E-state index in [4.69, 9.17) is 4.74 Å². The van der Waals surface area contributed by atoms with Crippen molar-refractivity contribution >= 4 is 43.0 Å². The first kappa shape index (κ1) is 16.3. The van der Waals surface area contributed by atoms with Crippen LogP contribution >= 0.6 is 27.3 Å². The molecule has 114 valence electrons. The van der Waals surface area contributed by atoms with Crippen molar-refractivity contribution in [2.45, 2.75) is 18.7 Å². The maximum Gasteiger partial charge on any atom is 0.263 e. The third kappa shape index (κ3) is 3.75. The van der Waals surface area contributed by atoms with Crippen LogP contribution in [0.4, 0.5) is 10.1 Å². The second kappa shape index (κ2) is 6.33. The zero-order valence-corrected chi connectivity index (χ0v) is 14.5. The minimum atomic E-state index is -3.74. The van der Waals surface area contributed by atoms with Crippen LogP contribution in [-0.4, -0.2) is 15.0 Å². The molecule has 0 radical (unpaired) electrons. The lowest BCUT2D eigenvalue weighted by Gasteiger charge is -2.09. The smallest absolute Gasteiger partial charge is 0.263 e. The van der Waals surface area contributed by atoms with Crippen molar-refractivity contribution in [1.29, 1.82) is 0 Å². The number of anilines is 1. The molecular formula is C13H13BrFNO3S2. The molecule has 0 spiro atoms. The molecule has 0 aliphatic carbocycles. The van der Waals surface area contributed by atoms with Crippen LogP contribution in [-0.2, 0) is 10.0 Å². The Morgan fingerprint density at radius 1 is 1.38 bits per heavy atom. The number of benzene rings is 1. The van der Waals surface area contributed by atoms with Gasteiger partial charge in [-0.05, 0) is 48.0 Å². The molecule has 0 fully saturated rings. The molecule has 0 saturated heterocycles. The topological polar surface area (TPSA) is 55.4 Å². The summed E-state index contributed by atoms with van der Waals surface area (Å²) in [7, 11) is -3.74. The van der Waals surface area contributed by atoms with E-state index in [0.717, 1.165) is 9.85 Å². The fourth-order valence-electron chi connectivity index (χ4n) is 1.74. The number of nitrogens with one attached hydrogen (secondary N) is 1. The molecule has 4 nitrogen and oxygen atoms in total. The number of thiophene rings is 1. The van der Waals surface area contributed by atoms with Crippen LogP contribution in [0.1, 0.15) is 11.8 Å². The van der Waals surface area contributed by atoms with Gasteiger partial charge in [0.05, 0.1) is 16.1 Å². The van der Waals surface area contributed by atoms with E-state index in [9.17, 15) is 12.8 Å². The number of ether oxygens (including phenoxy) is 1. The molecule has 2 rings (SSSR count). The van der Waals surface area contributed by atoms with Crippen LogP contribution in [0.5, 0.6) is 5.75 Å². The van der Waals surface area contributed by atoms with Gasteiger partial charge in [-0.3, -0.25) is 4.72 Å². The van der Waals surface area contributed by atoms with E-state index in [1.807, 2.05) is 0 Å². The standard InChI is InChI=1S/C13H13BrFNO3S2/c1-3-19-11-5-4-9(6-10(11)15)16-21(17,18)12-7-13(14)20-8(12)2/h4-7,16H,3H2,1-2H3. The van der Waals surface area contributed by atoms with Gasteiger partial charge in [-0.1, -0.05) is 0 Å². The number of halogens is 2. The highest BCUT2D eigenvalue weighted by Gasteiger charge is 2.20. The van der Waals surface area contributed by atoms with Gasteiger partial charge in [-0.25, -0.2) is 12.8 Å². The van der Waals surface area contributed by atoms with E-state index in [1.54, 1.807) is 13.8 Å². The molecule has 1 aromatic heterocycles. The predicted octanol–water partition coefficient (Wildman–Crippen LogP) is 4.16. The summed E-state index contributed by atoms with van der Waals surface area (Å²) in [6.07, 6.45) is 0. The molecule has 0 saturated carbocycles. The van der Waals surface area contributed by atoms with Gasteiger partial charge in [0.1, 0.15) is 4.90 Å². The molecule has 0 unspecified atom stereocenters. The van der Waals surface area contributed by atoms with Crippen molar-refractivity contribution < 1.29 is 17.5 Å². The van der Waals surface area contributed by atoms with Crippen LogP contribution < -0.4 is 9.46 Å². The Morgan fingerprint density at radius 2 is 2.10 bits per heavy atom. The van der Waals surface area contributed by atoms with E-state index < -0.39 is 15.8 Å². The highest BCUT2D eigenvalue weighted by Crippen LogP contribution is 2.31. The fourth-order valence-corrected chi connectivity index (χ4v) is 5.21. The van der Waals surface area contributed by atoms with E-state index in [-0.39, 0.29) is 16.3 Å². The van der Waals surface area contributed by atoms with Gasteiger partial charge in [0.25, 0.3) is 10.0 Å². The van der Waals surface area contributed by atoms with Crippen LogP contribution in [0.25, 0.3) is 0 Å². The largest absolute Gasteiger partial charge is 0.491 e. The molecule has 0 aliphatic rings. The minimum Gasteiger partial charge on any atom is -0.491 e. The third-order valence-electron chi connectivity index (χ3n) is 2.62. The summed E-state index contributed by atoms with van der Waals surface area (Å²) in [5.41, 5.74) is 0.151. The fraction of sp³-hybridized carbons (Fsp3) is 0.231. The highest BCUT2D eigenvalue weighted by atomic mass is 79.9. The lowest BCUT2D eigenvalue weighted by Crippen LogP contribution is -2.13. The lowest BCUT2D eigenvalue weighted by atomic mass is 10.3. The van der Waals surface area contributed by atoms with Crippen LogP contribution in [0.3, 0.4) is 0 Å². The Kier molecular flexibility index (Phi) is 4.90. The number of sulfonamides is 1. The molecule has 0 atom stereocenters. The van der Waals surface area contributed by atoms with E-state index >= 15 is 0 Å². The Hall–Kier alpha value is -1.12. The molecule has 0 aliphatic heterocycles. The Morgan fingerprint density at radius 3 is 2.62 bits per heavy atom. The third-order valence-corrected chi connectivity index (χ3v) is 5.81. The quantitative estimate of drug-likeness (QED) is 0.829. The summed E-state index contributed by atoms with van der Waals surface area (Å²) < 4.78 is 46.4. The summed E-state index contributed by atoms with van der Waals surface area (Å²) in [4.78, 5) is 0.828. The van der Waals surface area contributed by atoms with Gasteiger partial charge in [0.2, 0.25) is 0 Å². The van der Waals surface area contributed by atoms with Crippen molar-refractivity contribution in [3.63, 3.8) is 0 Å². The molecule has 1 N–H and O–H groups in total. The van der Waals surface area contributed by atoms with Gasteiger partial charge < -0.3 is 4.74 Å². The minimum absolute atomic E-state index is 0.0925. The Bertz CT molecular complexity index is 759. The zero-order chi connectivity index (χ0) is 15.6. The first-order valence-electron chi connectivity index (χ1n) is 6.04. The SMILES string of the molecule is CCOc1ccc(NS(=O)(=O)c2cc(Br)sc2C)cc1F. The summed E-state index contributed by atoms with van der Waals surface area (Å²) in [5.74, 6) is -0.518. The van der Waals surface area contributed by atoms with Gasteiger partial charge >= 0.3 is 0 Å². The first-order chi connectivity index (χ1) is 9.83. The zero-order valence-electron chi connectivity index (χ0n) is 11.3. The molecular weight excluding hydrogens is 381 g/mol. The van der Waals surface area contributed by atoms with Crippen LogP contribution in [0.15, 0.2) is 32.9 Å². The van der Waals surface area contributed by atoms with Crippen molar-refractivity contribution in [1.82, 2.24) is 0 Å². The Balaban J connectivity index is 2.29. The van der Waals surface area contributed by atoms with Crippen molar-refractivity contribution in [3.8, 4) is 5.75 Å². The average molecular weight is 394 g/mol. The van der Waals surface area contributed by atoms with Gasteiger partial charge in [-0.2, -0.15) is 0 Å². The molecule has 0 bridgehead atoms. The van der Waals surface area contributed by atoms with Crippen LogP contribution in [0.2, 0.25) is 0 Å². The monoisotopic (exact) mass is 393 g/mol. The molecule has 21 heavy (non-hydrogen) atoms. The van der Waals surface area contributed by atoms with Crippen molar-refractivity contribution in [2.75, 3.05) is 11.3 Å². The second-order valence-corrected chi connectivity index (χ2v) is 8.44. The highest BCUT2D eigenvalue weighted by molar-refractivity contribution is 9.11. The molecule has 0 amide bonds. The number of hydrogen-bond donors (Lipinski definition) is 1. The lowest BCUT2D eigenvalue weighted by molar-refractivity contribution is 0.321. The van der Waals surface area contributed by atoms with Gasteiger partial charge in [-0.15, -0.1) is 11.3 Å². The number of aryl methyl sites for hydroxylation is 1. The average Bonchev–Trinajstić information content (AvgIpc) is 2.72. The summed E-state index contributed by atoms with van der Waals surface area (Å²) in [5, 5.41) is 0. The maximum absolute atomic E-state index is 13.7. The van der Waals surface area contributed by atoms with Crippen LogP contribution in [0, 0.1) is 12.7 Å². The Labute approximate surface area is 135 Å². The summed E-state index contributed by atoms with van der Waals surface area (Å²) in [6, 6.07) is 5.47.